The van der Waals surface area contributed by atoms with Gasteiger partial charge >= 0.3 is 17.5 Å². The van der Waals surface area contributed by atoms with Crippen molar-refractivity contribution in [2.75, 3.05) is 0 Å². The molecule has 88 valence electrons. The van der Waals surface area contributed by atoms with Gasteiger partial charge in [0.05, 0.1) is 11.0 Å². The number of nitrogens with zero attached hydrogens (tertiary/aromatic N) is 3. The van der Waals surface area contributed by atoms with E-state index in [2.05, 4.69) is 5.10 Å². The Morgan fingerprint density at radius 2 is 2.38 bits per heavy atom. The zero-order chi connectivity index (χ0) is 12.3. The highest BCUT2D eigenvalue weighted by molar-refractivity contribution is 5.66. The van der Waals surface area contributed by atoms with E-state index < -0.39 is 17.4 Å². The number of nitro groups is 1. The molecule has 8 nitrogen and oxygen atoms in total. The van der Waals surface area contributed by atoms with Crippen LogP contribution in [0, 0.1) is 10.1 Å². The van der Waals surface area contributed by atoms with Gasteiger partial charge in [-0.3, -0.25) is 19.6 Å². The van der Waals surface area contributed by atoms with E-state index in [1.807, 2.05) is 0 Å². The third-order valence-electron chi connectivity index (χ3n) is 1.55. The molecule has 0 aromatic carbocycles. The minimum Gasteiger partial charge on any atom is -0.480 e. The highest BCUT2D eigenvalue weighted by Gasteiger charge is 2.22. The van der Waals surface area contributed by atoms with E-state index in [0.29, 0.717) is 0 Å². The number of carboxylic acid groups (broad SMARTS) is 1. The van der Waals surface area contributed by atoms with Gasteiger partial charge in [-0.2, -0.15) is 0 Å². The SMILES string of the molecule is CC(C)Oc1nn(CC(=O)O)cc1[N+](=O)[O-]. The molecule has 16 heavy (non-hydrogen) atoms. The molecule has 1 heterocycles. The van der Waals surface area contributed by atoms with Gasteiger partial charge in [-0.1, -0.05) is 0 Å². The van der Waals surface area contributed by atoms with Gasteiger partial charge in [0.25, 0.3) is 0 Å². The highest BCUT2D eigenvalue weighted by atomic mass is 16.6. The van der Waals surface area contributed by atoms with E-state index in [1.165, 1.54) is 0 Å². The fourth-order valence-corrected chi connectivity index (χ4v) is 1.05. The Hall–Kier alpha value is -2.12. The minimum absolute atomic E-state index is 0.166. The van der Waals surface area contributed by atoms with Crippen molar-refractivity contribution in [3.63, 3.8) is 0 Å². The maximum atomic E-state index is 10.6. The fourth-order valence-electron chi connectivity index (χ4n) is 1.05. The number of rotatable bonds is 5. The molecule has 0 unspecified atom stereocenters. The van der Waals surface area contributed by atoms with Crippen molar-refractivity contribution in [1.29, 1.82) is 0 Å². The van der Waals surface area contributed by atoms with Crippen LogP contribution in [-0.4, -0.2) is 31.9 Å². The Kier molecular flexibility index (Phi) is 3.44. The molecule has 0 aliphatic carbocycles. The summed E-state index contributed by atoms with van der Waals surface area (Å²) in [5.74, 6) is -1.30. The van der Waals surface area contributed by atoms with Crippen LogP contribution in [0.25, 0.3) is 0 Å². The average Bonchev–Trinajstić information content (AvgIpc) is 2.45. The van der Waals surface area contributed by atoms with Crippen LogP contribution in [0.1, 0.15) is 13.8 Å². The second kappa shape index (κ2) is 4.60. The average molecular weight is 229 g/mol. The number of hydrogen-bond acceptors (Lipinski definition) is 5. The van der Waals surface area contributed by atoms with Gasteiger partial charge in [-0.25, -0.2) is 0 Å². The van der Waals surface area contributed by atoms with E-state index in [9.17, 15) is 14.9 Å². The third kappa shape index (κ3) is 2.94. The first-order chi connectivity index (χ1) is 7.40. The maximum absolute atomic E-state index is 10.6. The van der Waals surface area contributed by atoms with Gasteiger partial charge in [-0.05, 0) is 13.8 Å². The molecule has 1 rings (SSSR count). The molecule has 8 heteroatoms. The highest BCUT2D eigenvalue weighted by Crippen LogP contribution is 2.25. The number of carboxylic acids is 1. The summed E-state index contributed by atoms with van der Waals surface area (Å²) in [7, 11) is 0. The van der Waals surface area contributed by atoms with E-state index in [4.69, 9.17) is 9.84 Å². The first-order valence-corrected chi connectivity index (χ1v) is 4.50. The summed E-state index contributed by atoms with van der Waals surface area (Å²) in [6, 6.07) is 0. The molecular formula is C8H11N3O5. The first-order valence-electron chi connectivity index (χ1n) is 4.50. The maximum Gasteiger partial charge on any atom is 0.350 e. The van der Waals surface area contributed by atoms with Crippen LogP contribution in [0.15, 0.2) is 6.20 Å². The van der Waals surface area contributed by atoms with Crippen LogP contribution < -0.4 is 4.74 Å². The van der Waals surface area contributed by atoms with Crippen LogP contribution in [0.2, 0.25) is 0 Å². The quantitative estimate of drug-likeness (QED) is 0.587. The predicted octanol–water partition coefficient (Wildman–Crippen LogP) is 0.663. The number of aliphatic carboxylic acids is 1. The Bertz CT molecular complexity index is 412. The second-order valence-corrected chi connectivity index (χ2v) is 3.33. The van der Waals surface area contributed by atoms with Crippen molar-refractivity contribution < 1.29 is 19.6 Å². The van der Waals surface area contributed by atoms with E-state index in [0.717, 1.165) is 10.9 Å². The molecule has 0 saturated heterocycles. The standard InChI is InChI=1S/C8H11N3O5/c1-5(2)16-8-6(11(14)15)3-10(9-8)4-7(12)13/h3,5H,4H2,1-2H3,(H,12,13). The van der Waals surface area contributed by atoms with Crippen LogP contribution in [-0.2, 0) is 11.3 Å². The zero-order valence-electron chi connectivity index (χ0n) is 8.78. The molecule has 0 radical (unpaired) electrons. The van der Waals surface area contributed by atoms with Crippen molar-refractivity contribution >= 4 is 11.7 Å². The summed E-state index contributed by atoms with van der Waals surface area (Å²) in [5.41, 5.74) is -0.338. The van der Waals surface area contributed by atoms with Gasteiger partial charge in [0.1, 0.15) is 12.7 Å². The smallest absolute Gasteiger partial charge is 0.350 e. The number of hydrogen-bond donors (Lipinski definition) is 1. The molecule has 0 bridgehead atoms. The fraction of sp³-hybridized carbons (Fsp3) is 0.500. The second-order valence-electron chi connectivity index (χ2n) is 3.33. The summed E-state index contributed by atoms with van der Waals surface area (Å²) in [6.45, 7) is 2.95. The van der Waals surface area contributed by atoms with E-state index in [1.54, 1.807) is 13.8 Å². The molecule has 0 saturated carbocycles. The summed E-state index contributed by atoms with van der Waals surface area (Å²) < 4.78 is 6.06. The lowest BCUT2D eigenvalue weighted by molar-refractivity contribution is -0.386. The number of ether oxygens (including phenoxy) is 1. The normalized spacial score (nSPS) is 10.4. The van der Waals surface area contributed by atoms with Crippen molar-refractivity contribution in [3.8, 4) is 5.88 Å². The Morgan fingerprint density at radius 3 is 2.81 bits per heavy atom. The molecule has 0 fully saturated rings. The largest absolute Gasteiger partial charge is 0.480 e. The van der Waals surface area contributed by atoms with E-state index >= 15 is 0 Å². The zero-order valence-corrected chi connectivity index (χ0v) is 8.78. The molecule has 0 amide bonds. The lowest BCUT2D eigenvalue weighted by Crippen LogP contribution is -2.10. The minimum atomic E-state index is -1.13. The molecule has 0 aliphatic rings. The number of aromatic nitrogens is 2. The van der Waals surface area contributed by atoms with Crippen molar-refractivity contribution in [2.45, 2.75) is 26.5 Å². The Labute approximate surface area is 90.6 Å². The summed E-state index contributed by atoms with van der Waals surface area (Å²) in [5, 5.41) is 22.8. The molecule has 1 aromatic heterocycles. The van der Waals surface area contributed by atoms with Gasteiger partial charge in [0.15, 0.2) is 0 Å². The number of carbonyl (C=O) groups is 1. The van der Waals surface area contributed by atoms with Crippen molar-refractivity contribution in [1.82, 2.24) is 9.78 Å². The van der Waals surface area contributed by atoms with Gasteiger partial charge < -0.3 is 9.84 Å². The molecule has 0 atom stereocenters. The summed E-state index contributed by atoms with van der Waals surface area (Å²) in [4.78, 5) is 20.4. The molecule has 0 spiro atoms. The predicted molar refractivity (Wildman–Crippen MR) is 52.3 cm³/mol. The van der Waals surface area contributed by atoms with Crippen LogP contribution >= 0.6 is 0 Å². The lowest BCUT2D eigenvalue weighted by Gasteiger charge is -2.04. The van der Waals surface area contributed by atoms with Crippen LogP contribution in [0.3, 0.4) is 0 Å². The molecule has 0 aliphatic heterocycles. The van der Waals surface area contributed by atoms with Crippen molar-refractivity contribution in [3.05, 3.63) is 16.3 Å². The van der Waals surface area contributed by atoms with Gasteiger partial charge in [-0.15, -0.1) is 5.10 Å². The third-order valence-corrected chi connectivity index (χ3v) is 1.55. The molecule has 1 aromatic rings. The van der Waals surface area contributed by atoms with Crippen LogP contribution in [0.4, 0.5) is 5.69 Å². The summed E-state index contributed by atoms with van der Waals surface area (Å²) in [6.07, 6.45) is 0.762. The van der Waals surface area contributed by atoms with Crippen molar-refractivity contribution in [2.24, 2.45) is 0 Å². The summed E-state index contributed by atoms with van der Waals surface area (Å²) >= 11 is 0. The Balaban J connectivity index is 3.00. The van der Waals surface area contributed by atoms with Gasteiger partial charge in [0, 0.05) is 0 Å². The topological polar surface area (TPSA) is 107 Å². The molecule has 1 N–H and O–H groups in total. The first kappa shape index (κ1) is 12.0. The Morgan fingerprint density at radius 1 is 1.75 bits per heavy atom. The molecular weight excluding hydrogens is 218 g/mol. The lowest BCUT2D eigenvalue weighted by atomic mass is 10.5. The van der Waals surface area contributed by atoms with E-state index in [-0.39, 0.29) is 17.7 Å². The monoisotopic (exact) mass is 229 g/mol. The van der Waals surface area contributed by atoms with Crippen LogP contribution in [0.5, 0.6) is 5.88 Å². The van der Waals surface area contributed by atoms with Gasteiger partial charge in [0.2, 0.25) is 0 Å².